The molecule has 0 saturated carbocycles. The van der Waals surface area contributed by atoms with Crippen molar-refractivity contribution >= 4 is 29.5 Å². The Hall–Kier alpha value is -3.45. The van der Waals surface area contributed by atoms with E-state index in [0.29, 0.717) is 47.1 Å². The average molecular weight is 450 g/mol. The van der Waals surface area contributed by atoms with Gasteiger partial charge in [-0.25, -0.2) is 4.79 Å². The van der Waals surface area contributed by atoms with E-state index in [1.54, 1.807) is 35.6 Å². The van der Waals surface area contributed by atoms with E-state index in [0.717, 1.165) is 23.0 Å². The number of rotatable bonds is 6. The summed E-state index contributed by atoms with van der Waals surface area (Å²) >= 11 is 1.58. The fraction of sp³-hybridized carbons (Fsp3) is 0.240. The van der Waals surface area contributed by atoms with Gasteiger partial charge >= 0.3 is 5.97 Å². The van der Waals surface area contributed by atoms with Crippen LogP contribution in [0, 0.1) is 5.92 Å². The molecule has 7 heteroatoms. The molecule has 0 atom stereocenters. The van der Waals surface area contributed by atoms with Gasteiger partial charge in [-0.1, -0.05) is 19.9 Å². The van der Waals surface area contributed by atoms with Crippen LogP contribution in [0.15, 0.2) is 41.1 Å². The zero-order valence-corrected chi connectivity index (χ0v) is 18.9. The Balaban J connectivity index is 1.82. The summed E-state index contributed by atoms with van der Waals surface area (Å²) in [6.45, 7) is 4.98. The average Bonchev–Trinajstić information content (AvgIpc) is 3.30. The van der Waals surface area contributed by atoms with Crippen LogP contribution in [0.4, 0.5) is 0 Å². The molecular formula is C25H23NO5S. The quantitative estimate of drug-likeness (QED) is 0.425. The first kappa shape index (κ1) is 21.8. The Kier molecular flexibility index (Phi) is 6.10. The fourth-order valence-electron chi connectivity index (χ4n) is 3.68. The zero-order valence-electron chi connectivity index (χ0n) is 18.1. The van der Waals surface area contributed by atoms with E-state index < -0.39 is 5.97 Å². The summed E-state index contributed by atoms with van der Waals surface area (Å²) in [5, 5.41) is 6.92. The summed E-state index contributed by atoms with van der Waals surface area (Å²) in [6, 6.07) is 8.38. The molecule has 4 rings (SSSR count). The highest BCUT2D eigenvalue weighted by Crippen LogP contribution is 2.43. The van der Waals surface area contributed by atoms with Crippen LogP contribution in [-0.4, -0.2) is 31.8 Å². The number of carbonyl (C=O) groups excluding carboxylic acids is 3. The number of thiophene rings is 1. The lowest BCUT2D eigenvalue weighted by molar-refractivity contribution is 0.0601. The Morgan fingerprint density at radius 1 is 1.12 bits per heavy atom. The van der Waals surface area contributed by atoms with Crippen molar-refractivity contribution < 1.29 is 23.9 Å². The van der Waals surface area contributed by atoms with Gasteiger partial charge in [0.15, 0.2) is 6.29 Å². The van der Waals surface area contributed by atoms with Crippen molar-refractivity contribution in [1.29, 1.82) is 0 Å². The molecule has 0 fully saturated rings. The molecule has 0 saturated heterocycles. The van der Waals surface area contributed by atoms with Gasteiger partial charge in [0.2, 0.25) is 0 Å². The van der Waals surface area contributed by atoms with Gasteiger partial charge in [0, 0.05) is 34.4 Å². The first-order chi connectivity index (χ1) is 15.4. The maximum atomic E-state index is 12.6. The number of hydrogen-bond acceptors (Lipinski definition) is 6. The summed E-state index contributed by atoms with van der Waals surface area (Å²) in [7, 11) is 1.28. The molecule has 0 radical (unpaired) electrons. The summed E-state index contributed by atoms with van der Waals surface area (Å²) in [5.41, 5.74) is 5.01. The van der Waals surface area contributed by atoms with Gasteiger partial charge in [0.1, 0.15) is 12.4 Å². The lowest BCUT2D eigenvalue weighted by Gasteiger charge is -2.21. The van der Waals surface area contributed by atoms with Crippen molar-refractivity contribution in [3.05, 3.63) is 63.3 Å². The maximum Gasteiger partial charge on any atom is 0.338 e. The summed E-state index contributed by atoms with van der Waals surface area (Å²) in [4.78, 5) is 37.1. The molecule has 0 spiro atoms. The second-order valence-corrected chi connectivity index (χ2v) is 8.75. The predicted molar refractivity (Wildman–Crippen MR) is 123 cm³/mol. The molecule has 1 aliphatic heterocycles. The first-order valence-electron chi connectivity index (χ1n) is 10.2. The Morgan fingerprint density at radius 3 is 2.66 bits per heavy atom. The van der Waals surface area contributed by atoms with Gasteiger partial charge in [-0.05, 0) is 52.1 Å². The molecule has 1 aliphatic rings. The van der Waals surface area contributed by atoms with Crippen molar-refractivity contribution in [3.8, 4) is 28.0 Å². The molecule has 3 aromatic rings. The van der Waals surface area contributed by atoms with Crippen LogP contribution in [0.25, 0.3) is 22.3 Å². The van der Waals surface area contributed by atoms with Crippen LogP contribution < -0.4 is 10.1 Å². The topological polar surface area (TPSA) is 81.7 Å². The lowest BCUT2D eigenvalue weighted by Crippen LogP contribution is -2.27. The van der Waals surface area contributed by atoms with Gasteiger partial charge in [0.05, 0.1) is 12.7 Å². The highest BCUT2D eigenvalue weighted by molar-refractivity contribution is 7.08. The zero-order chi connectivity index (χ0) is 22.8. The number of methoxy groups -OCH3 is 1. The van der Waals surface area contributed by atoms with Crippen LogP contribution in [0.2, 0.25) is 0 Å². The number of ether oxygens (including phenoxy) is 2. The van der Waals surface area contributed by atoms with Crippen LogP contribution in [-0.2, 0) is 11.3 Å². The van der Waals surface area contributed by atoms with E-state index in [1.807, 2.05) is 24.6 Å². The Labute approximate surface area is 190 Å². The van der Waals surface area contributed by atoms with E-state index in [2.05, 4.69) is 5.32 Å². The molecule has 2 aromatic carbocycles. The predicted octanol–water partition coefficient (Wildman–Crippen LogP) is 4.96. The van der Waals surface area contributed by atoms with E-state index in [-0.39, 0.29) is 11.5 Å². The molecule has 0 bridgehead atoms. The number of amides is 1. The second kappa shape index (κ2) is 8.96. The molecule has 2 heterocycles. The molecular weight excluding hydrogens is 426 g/mol. The highest BCUT2D eigenvalue weighted by Gasteiger charge is 2.24. The molecule has 0 unspecified atom stereocenters. The van der Waals surface area contributed by atoms with E-state index in [1.165, 1.54) is 13.2 Å². The Bertz CT molecular complexity index is 1210. The van der Waals surface area contributed by atoms with Gasteiger partial charge < -0.3 is 14.8 Å². The third-order valence-electron chi connectivity index (χ3n) is 5.34. The van der Waals surface area contributed by atoms with Crippen molar-refractivity contribution in [2.45, 2.75) is 20.5 Å². The summed E-state index contributed by atoms with van der Waals surface area (Å²) in [6.07, 6.45) is 0.764. The smallest absolute Gasteiger partial charge is 0.338 e. The minimum Gasteiger partial charge on any atom is -0.488 e. The largest absolute Gasteiger partial charge is 0.488 e. The normalized spacial score (nSPS) is 11.9. The maximum absolute atomic E-state index is 12.6. The third-order valence-corrected chi connectivity index (χ3v) is 6.13. The number of fused-ring (bicyclic) bond motifs is 3. The van der Waals surface area contributed by atoms with Gasteiger partial charge in [-0.2, -0.15) is 11.3 Å². The first-order valence-corrected chi connectivity index (χ1v) is 11.2. The van der Waals surface area contributed by atoms with Gasteiger partial charge in [0.25, 0.3) is 5.91 Å². The minimum atomic E-state index is -0.589. The third kappa shape index (κ3) is 4.03. The molecule has 32 heavy (non-hydrogen) atoms. The van der Waals surface area contributed by atoms with Crippen LogP contribution >= 0.6 is 11.3 Å². The van der Waals surface area contributed by atoms with Gasteiger partial charge in [-0.15, -0.1) is 0 Å². The molecule has 1 amide bonds. The molecule has 1 aromatic heterocycles. The molecule has 1 N–H and O–H groups in total. The SMILES string of the molecule is COC(=O)c1cc(C(=O)NCC(C)C)ccc1-c1cc2c(cc1C=O)-c1cscc1CO2. The number of aldehydes is 1. The summed E-state index contributed by atoms with van der Waals surface area (Å²) < 4.78 is 10.9. The van der Waals surface area contributed by atoms with E-state index in [9.17, 15) is 14.4 Å². The second-order valence-electron chi connectivity index (χ2n) is 8.01. The van der Waals surface area contributed by atoms with Crippen LogP contribution in [0.3, 0.4) is 0 Å². The monoisotopic (exact) mass is 449 g/mol. The number of hydrogen-bond donors (Lipinski definition) is 1. The number of esters is 1. The standard InChI is InChI=1S/C25H23NO5S/c1-14(2)9-26-24(28)15-4-5-18(21(6-15)25(29)30-3)19-8-23-20(7-16(19)10-27)22-13-32-12-17(22)11-31-23/h4-8,10,12-14H,9,11H2,1-3H3,(H,26,28). The Morgan fingerprint density at radius 2 is 1.94 bits per heavy atom. The number of carbonyl (C=O) groups is 3. The van der Waals surface area contributed by atoms with Crippen LogP contribution in [0.1, 0.15) is 50.5 Å². The van der Waals surface area contributed by atoms with Crippen LogP contribution in [0.5, 0.6) is 5.75 Å². The fourth-order valence-corrected chi connectivity index (χ4v) is 4.52. The minimum absolute atomic E-state index is 0.208. The van der Waals surface area contributed by atoms with Crippen molar-refractivity contribution in [1.82, 2.24) is 5.32 Å². The lowest BCUT2D eigenvalue weighted by atomic mass is 9.90. The summed E-state index contributed by atoms with van der Waals surface area (Å²) in [5.74, 6) is 0.0812. The van der Waals surface area contributed by atoms with Gasteiger partial charge in [-0.3, -0.25) is 9.59 Å². The van der Waals surface area contributed by atoms with Crippen molar-refractivity contribution in [2.75, 3.05) is 13.7 Å². The van der Waals surface area contributed by atoms with Crippen molar-refractivity contribution in [2.24, 2.45) is 5.92 Å². The molecule has 164 valence electrons. The number of benzene rings is 2. The highest BCUT2D eigenvalue weighted by atomic mass is 32.1. The molecule has 6 nitrogen and oxygen atoms in total. The van der Waals surface area contributed by atoms with E-state index in [4.69, 9.17) is 9.47 Å². The van der Waals surface area contributed by atoms with Crippen molar-refractivity contribution in [3.63, 3.8) is 0 Å². The molecule has 0 aliphatic carbocycles. The van der Waals surface area contributed by atoms with E-state index >= 15 is 0 Å². The number of nitrogens with one attached hydrogen (secondary N) is 1.